The third-order valence-corrected chi connectivity index (χ3v) is 7.34. The molecule has 0 bridgehead atoms. The first-order valence-corrected chi connectivity index (χ1v) is 11.7. The molecule has 0 saturated carbocycles. The van der Waals surface area contributed by atoms with Gasteiger partial charge in [0.25, 0.3) is 10.0 Å². The number of methoxy groups -OCH3 is 2. The van der Waals surface area contributed by atoms with Gasteiger partial charge < -0.3 is 14.8 Å². The molecule has 0 radical (unpaired) electrons. The molecule has 0 aliphatic heterocycles. The van der Waals surface area contributed by atoms with E-state index in [1.165, 1.54) is 25.0 Å². The Bertz CT molecular complexity index is 1270. The van der Waals surface area contributed by atoms with E-state index in [4.69, 9.17) is 21.1 Å². The third kappa shape index (κ3) is 5.07. The van der Waals surface area contributed by atoms with Crippen LogP contribution < -0.4 is 19.1 Å². The second-order valence-corrected chi connectivity index (χ2v) is 9.46. The van der Waals surface area contributed by atoms with Gasteiger partial charge in [-0.2, -0.15) is 5.10 Å². The van der Waals surface area contributed by atoms with Crippen molar-refractivity contribution in [3.63, 3.8) is 0 Å². The van der Waals surface area contributed by atoms with E-state index in [0.29, 0.717) is 39.3 Å². The molecule has 3 aromatic rings. The Hall–Kier alpha value is -3.24. The number of sulfonamides is 1. The van der Waals surface area contributed by atoms with Crippen LogP contribution in [0.15, 0.2) is 47.4 Å². The number of carbonyl (C=O) groups excluding carboxylic acids is 1. The highest BCUT2D eigenvalue weighted by atomic mass is 35.5. The molecule has 1 heterocycles. The van der Waals surface area contributed by atoms with Gasteiger partial charge >= 0.3 is 0 Å². The molecule has 0 aliphatic carbocycles. The number of halogens is 1. The van der Waals surface area contributed by atoms with Gasteiger partial charge in [-0.05, 0) is 56.3 Å². The number of amides is 1. The predicted molar refractivity (Wildman–Crippen MR) is 127 cm³/mol. The lowest BCUT2D eigenvalue weighted by Crippen LogP contribution is -2.38. The van der Waals surface area contributed by atoms with Crippen molar-refractivity contribution in [2.75, 3.05) is 30.4 Å². The Balaban J connectivity index is 2.02. The van der Waals surface area contributed by atoms with E-state index >= 15 is 0 Å². The van der Waals surface area contributed by atoms with E-state index in [-0.39, 0.29) is 4.90 Å². The number of hydrogen-bond acceptors (Lipinski definition) is 6. The summed E-state index contributed by atoms with van der Waals surface area (Å²) in [5, 5.41) is 7.30. The molecule has 0 saturated heterocycles. The van der Waals surface area contributed by atoms with Gasteiger partial charge in [-0.1, -0.05) is 11.6 Å². The molecule has 176 valence electrons. The number of nitrogens with one attached hydrogen (secondary N) is 1. The molecule has 33 heavy (non-hydrogen) atoms. The largest absolute Gasteiger partial charge is 0.497 e. The second kappa shape index (κ2) is 9.72. The number of ether oxygens (including phenoxy) is 2. The van der Waals surface area contributed by atoms with Gasteiger partial charge in [0.2, 0.25) is 5.91 Å². The third-order valence-electron chi connectivity index (χ3n) is 5.07. The molecule has 0 spiro atoms. The molecule has 1 amide bonds. The average molecular weight is 493 g/mol. The first kappa shape index (κ1) is 24.4. The van der Waals surface area contributed by atoms with Crippen LogP contribution in [0.5, 0.6) is 11.5 Å². The van der Waals surface area contributed by atoms with E-state index in [0.717, 1.165) is 4.31 Å². The van der Waals surface area contributed by atoms with Crippen molar-refractivity contribution in [3.8, 4) is 11.5 Å². The summed E-state index contributed by atoms with van der Waals surface area (Å²) in [4.78, 5) is 13.0. The topological polar surface area (TPSA) is 103 Å². The van der Waals surface area contributed by atoms with Crippen LogP contribution in [0.25, 0.3) is 0 Å². The Morgan fingerprint density at radius 3 is 2.33 bits per heavy atom. The molecule has 0 aliphatic rings. The average Bonchev–Trinajstić information content (AvgIpc) is 3.04. The predicted octanol–water partition coefficient (Wildman–Crippen LogP) is 3.54. The van der Waals surface area contributed by atoms with E-state index in [1.807, 2.05) is 0 Å². The van der Waals surface area contributed by atoms with E-state index in [9.17, 15) is 13.2 Å². The molecule has 1 N–H and O–H groups in total. The summed E-state index contributed by atoms with van der Waals surface area (Å²) >= 11 is 6.04. The van der Waals surface area contributed by atoms with Crippen molar-refractivity contribution < 1.29 is 22.7 Å². The maximum absolute atomic E-state index is 13.7. The number of hydrogen-bond donors (Lipinski definition) is 1. The van der Waals surface area contributed by atoms with Gasteiger partial charge in [0.1, 0.15) is 22.9 Å². The molecule has 0 fully saturated rings. The van der Waals surface area contributed by atoms with Crippen LogP contribution in [0.4, 0.5) is 11.4 Å². The molecular formula is C22H25ClN4O5S. The standard InChI is InChI=1S/C22H25ClN4O5S/c1-14-22(15(2)26(3)25-14)33(29,30)27(17-7-9-18(31-4)10-8-17)13-21(28)24-19-12-16(23)6-11-20(19)32-5/h6-12H,13H2,1-5H3,(H,24,28). The highest BCUT2D eigenvalue weighted by Crippen LogP contribution is 2.30. The summed E-state index contributed by atoms with van der Waals surface area (Å²) < 4.78 is 40.4. The van der Waals surface area contributed by atoms with Crippen molar-refractivity contribution in [1.82, 2.24) is 9.78 Å². The smallest absolute Gasteiger partial charge is 0.268 e. The fourth-order valence-corrected chi connectivity index (χ4v) is 5.40. The molecular weight excluding hydrogens is 468 g/mol. The van der Waals surface area contributed by atoms with Gasteiger partial charge in [0.05, 0.1) is 37.0 Å². The first-order valence-electron chi connectivity index (χ1n) is 9.89. The monoisotopic (exact) mass is 492 g/mol. The quantitative estimate of drug-likeness (QED) is 0.516. The lowest BCUT2D eigenvalue weighted by atomic mass is 10.3. The van der Waals surface area contributed by atoms with Crippen LogP contribution in [0, 0.1) is 13.8 Å². The van der Waals surface area contributed by atoms with Crippen molar-refractivity contribution >= 4 is 38.9 Å². The zero-order valence-electron chi connectivity index (χ0n) is 18.9. The van der Waals surface area contributed by atoms with E-state index < -0.39 is 22.5 Å². The van der Waals surface area contributed by atoms with E-state index in [1.54, 1.807) is 57.3 Å². The first-order chi connectivity index (χ1) is 15.6. The minimum absolute atomic E-state index is 0.0500. The van der Waals surface area contributed by atoms with Crippen molar-refractivity contribution in [3.05, 3.63) is 58.9 Å². The Morgan fingerprint density at radius 1 is 1.12 bits per heavy atom. The van der Waals surface area contributed by atoms with Gasteiger partial charge in [-0.15, -0.1) is 0 Å². The number of aryl methyl sites for hydroxylation is 2. The number of carbonyl (C=O) groups is 1. The summed E-state index contributed by atoms with van der Waals surface area (Å²) in [5.74, 6) is 0.373. The van der Waals surface area contributed by atoms with Crippen molar-refractivity contribution in [2.24, 2.45) is 7.05 Å². The van der Waals surface area contributed by atoms with E-state index in [2.05, 4.69) is 10.4 Å². The molecule has 1 aromatic heterocycles. The van der Waals surface area contributed by atoms with Crippen LogP contribution in [0.2, 0.25) is 5.02 Å². The number of nitrogens with zero attached hydrogens (tertiary/aromatic N) is 3. The number of aromatic nitrogens is 2. The summed E-state index contributed by atoms with van der Waals surface area (Å²) in [6.45, 7) is 2.79. The lowest BCUT2D eigenvalue weighted by molar-refractivity contribution is -0.114. The minimum Gasteiger partial charge on any atom is -0.497 e. The summed E-state index contributed by atoms with van der Waals surface area (Å²) in [6, 6.07) is 11.2. The highest BCUT2D eigenvalue weighted by molar-refractivity contribution is 7.93. The summed E-state index contributed by atoms with van der Waals surface area (Å²) in [6.07, 6.45) is 0. The summed E-state index contributed by atoms with van der Waals surface area (Å²) in [7, 11) is 0.500. The van der Waals surface area contributed by atoms with Crippen LogP contribution in [0.1, 0.15) is 11.4 Å². The molecule has 0 unspecified atom stereocenters. The maximum atomic E-state index is 13.7. The normalized spacial score (nSPS) is 11.2. The highest BCUT2D eigenvalue weighted by Gasteiger charge is 2.32. The van der Waals surface area contributed by atoms with Gasteiger partial charge in [-0.3, -0.25) is 13.8 Å². The Morgan fingerprint density at radius 2 is 1.79 bits per heavy atom. The molecule has 11 heteroatoms. The minimum atomic E-state index is -4.13. The Kier molecular flexibility index (Phi) is 7.19. The molecule has 3 rings (SSSR count). The van der Waals surface area contributed by atoms with Crippen LogP contribution in [-0.4, -0.2) is 44.9 Å². The van der Waals surface area contributed by atoms with Gasteiger partial charge in [-0.25, -0.2) is 8.42 Å². The van der Waals surface area contributed by atoms with Crippen LogP contribution in [-0.2, 0) is 21.9 Å². The zero-order valence-corrected chi connectivity index (χ0v) is 20.5. The summed E-state index contributed by atoms with van der Waals surface area (Å²) in [5.41, 5.74) is 1.43. The number of benzene rings is 2. The SMILES string of the molecule is COc1ccc(N(CC(=O)Nc2cc(Cl)ccc2OC)S(=O)(=O)c2c(C)nn(C)c2C)cc1. The fourth-order valence-electron chi connectivity index (χ4n) is 3.40. The van der Waals surface area contributed by atoms with Gasteiger partial charge in [0, 0.05) is 12.1 Å². The zero-order chi connectivity index (χ0) is 24.3. The molecule has 0 atom stereocenters. The van der Waals surface area contributed by atoms with Crippen molar-refractivity contribution in [2.45, 2.75) is 18.7 Å². The maximum Gasteiger partial charge on any atom is 0.268 e. The number of rotatable bonds is 8. The fraction of sp³-hybridized carbons (Fsp3) is 0.273. The van der Waals surface area contributed by atoms with Crippen LogP contribution >= 0.6 is 11.6 Å². The van der Waals surface area contributed by atoms with Gasteiger partial charge in [0.15, 0.2) is 0 Å². The van der Waals surface area contributed by atoms with Crippen LogP contribution in [0.3, 0.4) is 0 Å². The lowest BCUT2D eigenvalue weighted by Gasteiger charge is -2.24. The Labute approximate surface area is 197 Å². The number of anilines is 2. The molecule has 2 aromatic carbocycles. The second-order valence-electron chi connectivity index (χ2n) is 7.23. The molecule has 9 nitrogen and oxygen atoms in total. The van der Waals surface area contributed by atoms with Crippen molar-refractivity contribution in [1.29, 1.82) is 0 Å².